The Bertz CT molecular complexity index is 1400. The van der Waals surface area contributed by atoms with Crippen molar-refractivity contribution in [2.75, 3.05) is 24.9 Å². The van der Waals surface area contributed by atoms with Gasteiger partial charge >= 0.3 is 0 Å². The summed E-state index contributed by atoms with van der Waals surface area (Å²) in [5.74, 6) is 2.06. The number of anilines is 1. The summed E-state index contributed by atoms with van der Waals surface area (Å²) in [5, 5.41) is 0.188. The molecule has 0 bridgehead atoms. The molecule has 0 aliphatic carbocycles. The van der Waals surface area contributed by atoms with E-state index in [1.54, 1.807) is 31.3 Å². The molecule has 2 heterocycles. The first-order valence-electron chi connectivity index (χ1n) is 10.4. The number of hydrogen-bond acceptors (Lipinski definition) is 6. The molecular weight excluding hydrogens is 438 g/mol. The normalized spacial score (nSPS) is 15.8. The molecule has 33 heavy (non-hydrogen) atoms. The van der Waals surface area contributed by atoms with Crippen LogP contribution >= 0.6 is 11.8 Å². The second kappa shape index (κ2) is 8.67. The average molecular weight is 460 g/mol. The first kappa shape index (κ1) is 21.2. The van der Waals surface area contributed by atoms with Gasteiger partial charge in [-0.05, 0) is 35.9 Å². The zero-order valence-corrected chi connectivity index (χ0v) is 18.9. The van der Waals surface area contributed by atoms with Crippen molar-refractivity contribution in [2.24, 2.45) is 0 Å². The Balaban J connectivity index is 1.55. The third kappa shape index (κ3) is 3.85. The maximum absolute atomic E-state index is 12.9. The lowest BCUT2D eigenvalue weighted by Crippen LogP contribution is -2.28. The Kier molecular flexibility index (Phi) is 5.56. The summed E-state index contributed by atoms with van der Waals surface area (Å²) in [7, 11) is 3.17. The van der Waals surface area contributed by atoms with Gasteiger partial charge in [0.2, 0.25) is 5.91 Å². The monoisotopic (exact) mass is 459 g/mol. The lowest BCUT2D eigenvalue weighted by molar-refractivity contribution is -0.115. The third-order valence-corrected chi connectivity index (χ3v) is 6.82. The number of amides is 1. The molecule has 0 radical (unpaired) electrons. The van der Waals surface area contributed by atoms with Crippen molar-refractivity contribution in [3.8, 4) is 22.8 Å². The maximum atomic E-state index is 12.9. The molecule has 3 aromatic carbocycles. The van der Waals surface area contributed by atoms with E-state index in [0.29, 0.717) is 39.7 Å². The molecule has 5 rings (SSSR count). The molecule has 4 aromatic rings. The first-order valence-corrected chi connectivity index (χ1v) is 11.4. The van der Waals surface area contributed by atoms with Crippen LogP contribution in [0, 0.1) is 0 Å². The molecule has 1 aliphatic heterocycles. The third-order valence-electron chi connectivity index (χ3n) is 5.61. The predicted octanol–water partition coefficient (Wildman–Crippen LogP) is 5.26. The molecule has 1 atom stereocenters. The molecule has 7 heteroatoms. The Morgan fingerprint density at radius 2 is 1.70 bits per heavy atom. The molecule has 1 amide bonds. The number of carbonyl (C=O) groups is 1. The molecule has 1 unspecified atom stereocenters. The largest absolute Gasteiger partial charge is 0.493 e. The van der Waals surface area contributed by atoms with Gasteiger partial charge in [0, 0.05) is 17.3 Å². The molecule has 0 N–H and O–H groups in total. The number of ether oxygens (including phenoxy) is 2. The topological polar surface area (TPSA) is 69.0 Å². The van der Waals surface area contributed by atoms with Gasteiger partial charge in [0.1, 0.15) is 16.7 Å². The van der Waals surface area contributed by atoms with E-state index in [-0.39, 0.29) is 16.7 Å². The van der Waals surface area contributed by atoms with Gasteiger partial charge in [0.25, 0.3) is 0 Å². The van der Waals surface area contributed by atoms with Crippen molar-refractivity contribution in [1.29, 1.82) is 0 Å². The van der Waals surface area contributed by atoms with Crippen LogP contribution in [0.5, 0.6) is 11.5 Å². The van der Waals surface area contributed by atoms with E-state index < -0.39 is 0 Å². The minimum absolute atomic E-state index is 0.0237. The number of benzene rings is 3. The molecule has 1 aliphatic rings. The van der Waals surface area contributed by atoms with Gasteiger partial charge in [-0.3, -0.25) is 14.5 Å². The van der Waals surface area contributed by atoms with Crippen LogP contribution in [0.15, 0.2) is 82.0 Å². The maximum Gasteiger partial charge on any atom is 0.238 e. The summed E-state index contributed by atoms with van der Waals surface area (Å²) in [6.45, 7) is 0. The fourth-order valence-corrected chi connectivity index (χ4v) is 5.16. The van der Waals surface area contributed by atoms with Gasteiger partial charge in [-0.2, -0.15) is 0 Å². The van der Waals surface area contributed by atoms with E-state index >= 15 is 0 Å². The summed E-state index contributed by atoms with van der Waals surface area (Å²) in [4.78, 5) is 27.5. The van der Waals surface area contributed by atoms with Crippen LogP contribution in [-0.2, 0) is 4.79 Å². The van der Waals surface area contributed by atoms with Gasteiger partial charge < -0.3 is 13.9 Å². The SMILES string of the molecule is COc1ccc(C2SCC(=O)N2c2ccc3oc(-c4ccccc4)cc(=O)c3c2)cc1OC. The molecular formula is C26H21NO5S. The van der Waals surface area contributed by atoms with Crippen LogP contribution in [-0.4, -0.2) is 25.9 Å². The van der Waals surface area contributed by atoms with Crippen LogP contribution in [0.3, 0.4) is 0 Å². The van der Waals surface area contributed by atoms with Crippen molar-refractivity contribution in [3.05, 3.63) is 88.6 Å². The fourth-order valence-electron chi connectivity index (χ4n) is 3.99. The number of rotatable bonds is 5. The lowest BCUT2D eigenvalue weighted by atomic mass is 10.1. The molecule has 1 saturated heterocycles. The first-order chi connectivity index (χ1) is 16.1. The Morgan fingerprint density at radius 1 is 0.909 bits per heavy atom. The van der Waals surface area contributed by atoms with Crippen molar-refractivity contribution < 1.29 is 18.7 Å². The van der Waals surface area contributed by atoms with Crippen LogP contribution < -0.4 is 19.8 Å². The van der Waals surface area contributed by atoms with E-state index in [0.717, 1.165) is 11.1 Å². The highest BCUT2D eigenvalue weighted by Crippen LogP contribution is 2.44. The van der Waals surface area contributed by atoms with Gasteiger partial charge in [-0.1, -0.05) is 36.4 Å². The van der Waals surface area contributed by atoms with E-state index in [4.69, 9.17) is 13.9 Å². The standard InChI is InChI=1S/C26H21NO5S/c1-30-22-10-8-17(12-24(22)31-2)26-27(25(29)15-33-26)18-9-11-21-19(13-18)20(28)14-23(32-21)16-6-4-3-5-7-16/h3-14,26H,15H2,1-2H3. The van der Waals surface area contributed by atoms with E-state index in [2.05, 4.69) is 0 Å². The zero-order chi connectivity index (χ0) is 22.9. The minimum Gasteiger partial charge on any atom is -0.493 e. The Labute approximate surface area is 194 Å². The molecule has 1 aromatic heterocycles. The van der Waals surface area contributed by atoms with Gasteiger partial charge in [-0.15, -0.1) is 11.8 Å². The molecule has 0 saturated carbocycles. The van der Waals surface area contributed by atoms with Crippen LogP contribution in [0.2, 0.25) is 0 Å². The summed E-state index contributed by atoms with van der Waals surface area (Å²) < 4.78 is 16.8. The number of fused-ring (bicyclic) bond motifs is 1. The van der Waals surface area contributed by atoms with Gasteiger partial charge in [0.15, 0.2) is 16.9 Å². The highest BCUT2D eigenvalue weighted by atomic mass is 32.2. The van der Waals surface area contributed by atoms with Crippen LogP contribution in [0.1, 0.15) is 10.9 Å². The smallest absolute Gasteiger partial charge is 0.238 e. The minimum atomic E-state index is -0.245. The number of methoxy groups -OCH3 is 2. The number of hydrogen-bond donors (Lipinski definition) is 0. The Morgan fingerprint density at radius 3 is 2.45 bits per heavy atom. The molecule has 1 fully saturated rings. The second-order valence-electron chi connectivity index (χ2n) is 7.56. The second-order valence-corrected chi connectivity index (χ2v) is 8.63. The Hall–Kier alpha value is -3.71. The molecule has 166 valence electrons. The number of carbonyl (C=O) groups excluding carboxylic acids is 1. The highest BCUT2D eigenvalue weighted by molar-refractivity contribution is 8.00. The summed E-state index contributed by atoms with van der Waals surface area (Å²) in [6.07, 6.45) is 0. The van der Waals surface area contributed by atoms with Crippen molar-refractivity contribution in [1.82, 2.24) is 0 Å². The van der Waals surface area contributed by atoms with E-state index in [1.165, 1.54) is 17.8 Å². The van der Waals surface area contributed by atoms with Crippen LogP contribution in [0.25, 0.3) is 22.3 Å². The van der Waals surface area contributed by atoms with Crippen molar-refractivity contribution in [2.45, 2.75) is 5.37 Å². The van der Waals surface area contributed by atoms with Gasteiger partial charge in [-0.25, -0.2) is 0 Å². The summed E-state index contributed by atoms with van der Waals surface area (Å²) >= 11 is 1.53. The fraction of sp³-hybridized carbons (Fsp3) is 0.154. The average Bonchev–Trinajstić information content (AvgIpc) is 3.25. The van der Waals surface area contributed by atoms with Gasteiger partial charge in [0.05, 0.1) is 25.4 Å². The van der Waals surface area contributed by atoms with E-state index in [9.17, 15) is 9.59 Å². The van der Waals surface area contributed by atoms with E-state index in [1.807, 2.05) is 54.6 Å². The molecule has 6 nitrogen and oxygen atoms in total. The number of thioether (sulfide) groups is 1. The number of nitrogens with zero attached hydrogens (tertiary/aromatic N) is 1. The summed E-state index contributed by atoms with van der Waals surface area (Å²) in [5.41, 5.74) is 2.72. The quantitative estimate of drug-likeness (QED) is 0.406. The zero-order valence-electron chi connectivity index (χ0n) is 18.1. The predicted molar refractivity (Wildman–Crippen MR) is 130 cm³/mol. The van der Waals surface area contributed by atoms with Crippen LogP contribution in [0.4, 0.5) is 5.69 Å². The lowest BCUT2D eigenvalue weighted by Gasteiger charge is -2.25. The molecule has 0 spiro atoms. The summed E-state index contributed by atoms with van der Waals surface area (Å²) in [6, 6.07) is 21.9. The van der Waals surface area contributed by atoms with Crippen molar-refractivity contribution >= 4 is 34.3 Å². The van der Waals surface area contributed by atoms with Crippen molar-refractivity contribution in [3.63, 3.8) is 0 Å². The highest BCUT2D eigenvalue weighted by Gasteiger charge is 2.34.